The van der Waals surface area contributed by atoms with Crippen LogP contribution in [0.4, 0.5) is 0 Å². The number of ether oxygens (including phenoxy) is 1. The number of hydrogen-bond donors (Lipinski definition) is 2. The average molecular weight is 433 g/mol. The number of pyridine rings is 1. The summed E-state index contributed by atoms with van der Waals surface area (Å²) >= 11 is 0. The minimum Gasteiger partial charge on any atom is -0.474 e. The van der Waals surface area contributed by atoms with E-state index in [2.05, 4.69) is 20.4 Å². The van der Waals surface area contributed by atoms with E-state index in [-0.39, 0.29) is 23.5 Å². The van der Waals surface area contributed by atoms with Crippen LogP contribution in [0.5, 0.6) is 5.88 Å². The van der Waals surface area contributed by atoms with Crippen LogP contribution in [0.25, 0.3) is 11.5 Å². The van der Waals surface area contributed by atoms with Crippen molar-refractivity contribution in [2.75, 3.05) is 0 Å². The van der Waals surface area contributed by atoms with Gasteiger partial charge in [0.05, 0.1) is 0 Å². The average Bonchev–Trinajstić information content (AvgIpc) is 3.17. The third kappa shape index (κ3) is 3.81. The van der Waals surface area contributed by atoms with Crippen LogP contribution >= 0.6 is 0 Å². The molecule has 32 heavy (non-hydrogen) atoms. The fraction of sp³-hybridized carbons (Fsp3) is 0.348. The van der Waals surface area contributed by atoms with Gasteiger partial charge >= 0.3 is 0 Å². The summed E-state index contributed by atoms with van der Waals surface area (Å²) in [6.45, 7) is 1.75. The van der Waals surface area contributed by atoms with Gasteiger partial charge in [0.25, 0.3) is 17.7 Å². The van der Waals surface area contributed by atoms with E-state index in [0.717, 1.165) is 25.7 Å². The molecule has 2 fully saturated rings. The van der Waals surface area contributed by atoms with E-state index in [4.69, 9.17) is 15.0 Å². The highest BCUT2D eigenvalue weighted by atomic mass is 16.5. The molecule has 2 aliphatic carbocycles. The third-order valence-corrected chi connectivity index (χ3v) is 6.23. The van der Waals surface area contributed by atoms with Gasteiger partial charge < -0.3 is 20.3 Å². The molecule has 1 spiro atoms. The molecule has 0 atom stereocenters. The van der Waals surface area contributed by atoms with Crippen molar-refractivity contribution < 1.29 is 18.8 Å². The lowest BCUT2D eigenvalue weighted by molar-refractivity contribution is -0.0848. The van der Waals surface area contributed by atoms with E-state index >= 15 is 0 Å². The van der Waals surface area contributed by atoms with E-state index in [1.165, 1.54) is 0 Å². The van der Waals surface area contributed by atoms with Crippen molar-refractivity contribution in [3.8, 4) is 17.3 Å². The Morgan fingerprint density at radius 3 is 2.72 bits per heavy atom. The highest BCUT2D eigenvalue weighted by Crippen LogP contribution is 2.56. The van der Waals surface area contributed by atoms with Crippen molar-refractivity contribution in [2.45, 2.75) is 44.8 Å². The molecule has 0 saturated heterocycles. The molecule has 0 radical (unpaired) electrons. The van der Waals surface area contributed by atoms with Crippen LogP contribution in [0.15, 0.2) is 47.1 Å². The summed E-state index contributed by atoms with van der Waals surface area (Å²) in [5, 5.41) is 6.90. The number of nitrogens with zero attached hydrogens (tertiary/aromatic N) is 3. The predicted molar refractivity (Wildman–Crippen MR) is 114 cm³/mol. The van der Waals surface area contributed by atoms with Gasteiger partial charge in [0.15, 0.2) is 5.82 Å². The second-order valence-electron chi connectivity index (χ2n) is 8.67. The number of aromatic nitrogens is 3. The summed E-state index contributed by atoms with van der Waals surface area (Å²) in [6, 6.07) is 10.6. The number of primary amides is 1. The lowest BCUT2D eigenvalue weighted by Crippen LogP contribution is -2.58. The molecular formula is C23H23N5O4. The third-order valence-electron chi connectivity index (χ3n) is 6.23. The van der Waals surface area contributed by atoms with Crippen LogP contribution in [-0.4, -0.2) is 39.1 Å². The van der Waals surface area contributed by atoms with Gasteiger partial charge in [0, 0.05) is 23.4 Å². The summed E-state index contributed by atoms with van der Waals surface area (Å²) in [6.07, 6.45) is 5.16. The lowest BCUT2D eigenvalue weighted by atomic mass is 9.53. The van der Waals surface area contributed by atoms with Crippen molar-refractivity contribution in [1.29, 1.82) is 0 Å². The molecule has 3 N–H and O–H groups in total. The minimum absolute atomic E-state index is 0.00851. The largest absolute Gasteiger partial charge is 0.474 e. The van der Waals surface area contributed by atoms with Crippen LogP contribution in [0.3, 0.4) is 0 Å². The van der Waals surface area contributed by atoms with E-state index in [0.29, 0.717) is 34.3 Å². The molecule has 2 aromatic heterocycles. The minimum atomic E-state index is -0.549. The van der Waals surface area contributed by atoms with Crippen LogP contribution in [0, 0.1) is 12.3 Å². The molecular weight excluding hydrogens is 410 g/mol. The lowest BCUT2D eigenvalue weighted by Gasteiger charge is -2.57. The van der Waals surface area contributed by atoms with Gasteiger partial charge in [-0.1, -0.05) is 11.2 Å². The molecule has 2 amide bonds. The first-order valence-corrected chi connectivity index (χ1v) is 10.5. The Labute approximate surface area is 184 Å². The van der Waals surface area contributed by atoms with Gasteiger partial charge in [0.2, 0.25) is 5.88 Å². The number of amides is 2. The summed E-state index contributed by atoms with van der Waals surface area (Å²) in [5.41, 5.74) is 7.14. The number of aryl methyl sites for hydroxylation is 1. The maximum Gasteiger partial charge on any atom is 0.257 e. The Bertz CT molecular complexity index is 1180. The first kappa shape index (κ1) is 20.2. The van der Waals surface area contributed by atoms with E-state index in [9.17, 15) is 9.59 Å². The molecule has 9 nitrogen and oxygen atoms in total. The quantitative estimate of drug-likeness (QED) is 0.610. The van der Waals surface area contributed by atoms with Gasteiger partial charge in [-0.15, -0.1) is 0 Å². The van der Waals surface area contributed by atoms with Crippen molar-refractivity contribution in [3.05, 3.63) is 59.5 Å². The Hall–Kier alpha value is -3.75. The Kier molecular flexibility index (Phi) is 4.88. The van der Waals surface area contributed by atoms with Gasteiger partial charge in [-0.2, -0.15) is 4.98 Å². The number of carbonyl (C=O) groups is 2. The monoisotopic (exact) mass is 433 g/mol. The second-order valence-corrected chi connectivity index (χ2v) is 8.67. The highest BCUT2D eigenvalue weighted by Gasteiger charge is 2.54. The van der Waals surface area contributed by atoms with Gasteiger partial charge in [-0.25, -0.2) is 4.98 Å². The second kappa shape index (κ2) is 7.74. The molecule has 5 rings (SSSR count). The topological polar surface area (TPSA) is 133 Å². The van der Waals surface area contributed by atoms with E-state index < -0.39 is 5.91 Å². The molecule has 0 aliphatic heterocycles. The molecule has 2 saturated carbocycles. The predicted octanol–water partition coefficient (Wildman–Crippen LogP) is 2.66. The number of benzene rings is 1. The van der Waals surface area contributed by atoms with E-state index in [1.807, 2.05) is 6.07 Å². The van der Waals surface area contributed by atoms with Gasteiger partial charge in [-0.3, -0.25) is 9.59 Å². The summed E-state index contributed by atoms with van der Waals surface area (Å²) in [7, 11) is 0. The van der Waals surface area contributed by atoms with Crippen molar-refractivity contribution in [2.24, 2.45) is 11.1 Å². The summed E-state index contributed by atoms with van der Waals surface area (Å²) in [4.78, 5) is 32.6. The highest BCUT2D eigenvalue weighted by molar-refractivity contribution is 5.95. The van der Waals surface area contributed by atoms with Crippen LogP contribution in [0.1, 0.15) is 52.2 Å². The number of nitrogens with one attached hydrogen (secondary N) is 1. The van der Waals surface area contributed by atoms with Crippen molar-refractivity contribution in [1.82, 2.24) is 20.4 Å². The van der Waals surface area contributed by atoms with E-state index in [1.54, 1.807) is 43.5 Å². The van der Waals surface area contributed by atoms with Gasteiger partial charge in [0.1, 0.15) is 11.7 Å². The first-order chi connectivity index (χ1) is 15.4. The maximum atomic E-state index is 12.7. The molecule has 9 heteroatoms. The zero-order chi connectivity index (χ0) is 22.3. The molecule has 164 valence electrons. The molecule has 0 bridgehead atoms. The van der Waals surface area contributed by atoms with Crippen molar-refractivity contribution in [3.63, 3.8) is 0 Å². The number of hydrogen-bond acceptors (Lipinski definition) is 7. The molecule has 3 aromatic rings. The van der Waals surface area contributed by atoms with Gasteiger partial charge in [-0.05, 0) is 68.4 Å². The van der Waals surface area contributed by atoms with Crippen LogP contribution < -0.4 is 15.8 Å². The Morgan fingerprint density at radius 1 is 1.19 bits per heavy atom. The molecule has 2 aliphatic rings. The van der Waals surface area contributed by atoms with Crippen LogP contribution in [0.2, 0.25) is 0 Å². The summed E-state index contributed by atoms with van der Waals surface area (Å²) < 4.78 is 11.1. The first-order valence-electron chi connectivity index (χ1n) is 10.5. The zero-order valence-electron chi connectivity index (χ0n) is 17.6. The molecule has 1 aromatic carbocycles. The molecule has 0 unspecified atom stereocenters. The fourth-order valence-electron chi connectivity index (χ4n) is 4.72. The number of carbonyl (C=O) groups excluding carboxylic acids is 2. The Balaban J connectivity index is 1.13. The smallest absolute Gasteiger partial charge is 0.257 e. The molecule has 2 heterocycles. The maximum absolute atomic E-state index is 12.7. The normalized spacial score (nSPS) is 23.8. The summed E-state index contributed by atoms with van der Waals surface area (Å²) in [5.74, 6) is 0.570. The van der Waals surface area contributed by atoms with Crippen LogP contribution in [-0.2, 0) is 0 Å². The number of rotatable bonds is 6. The fourth-order valence-corrected chi connectivity index (χ4v) is 4.72. The number of nitrogens with two attached hydrogens (primary N) is 1. The SMILES string of the molecule is Cc1noc(-c2cccc(C(=O)NC3CC4(C3)CC(Oc3ncccc3C(N)=O)C4)c2)n1. The standard InChI is InChI=1S/C23H23N5O4/c1-13-26-21(32-28-13)15-5-2-4-14(8-15)20(30)27-16-9-23(10-16)11-17(12-23)31-22-18(19(24)29)6-3-7-25-22/h2-8,16-17H,9-12H2,1H3,(H2,24,29)(H,27,30). The van der Waals surface area contributed by atoms with Crippen molar-refractivity contribution >= 4 is 11.8 Å². The zero-order valence-corrected chi connectivity index (χ0v) is 17.6. The Morgan fingerprint density at radius 2 is 2.00 bits per heavy atom.